The Bertz CT molecular complexity index is 777. The van der Waals surface area contributed by atoms with Crippen LogP contribution >= 0.6 is 0 Å². The molecule has 0 saturated carbocycles. The number of benzene rings is 2. The van der Waals surface area contributed by atoms with Crippen LogP contribution < -0.4 is 0 Å². The van der Waals surface area contributed by atoms with E-state index in [-0.39, 0.29) is 10.8 Å². The fourth-order valence-electron chi connectivity index (χ4n) is 4.01. The summed E-state index contributed by atoms with van der Waals surface area (Å²) in [6.45, 7) is 17.2. The first kappa shape index (κ1) is 23.3. The second kappa shape index (κ2) is 8.81. The first-order chi connectivity index (χ1) is 13.4. The van der Waals surface area contributed by atoms with Crippen molar-refractivity contribution in [1.29, 1.82) is 0 Å². The molecule has 0 amide bonds. The van der Waals surface area contributed by atoms with Crippen LogP contribution in [0, 0.1) is 0 Å². The van der Waals surface area contributed by atoms with Gasteiger partial charge in [-0.2, -0.15) is 0 Å². The summed E-state index contributed by atoms with van der Waals surface area (Å²) in [5.74, 6) is 0.741. The summed E-state index contributed by atoms with van der Waals surface area (Å²) in [5.41, 5.74) is 6.03. The topological polar surface area (TPSA) is 40.5 Å². The molecule has 0 aliphatic heterocycles. The molecule has 160 valence electrons. The van der Waals surface area contributed by atoms with Crippen molar-refractivity contribution >= 4 is 0 Å². The zero-order chi connectivity index (χ0) is 22.0. The van der Waals surface area contributed by atoms with E-state index in [0.717, 1.165) is 47.9 Å². The fraction of sp³-hybridized carbons (Fsp3) is 0.556. The molecule has 2 nitrogen and oxygen atoms in total. The van der Waals surface area contributed by atoms with Crippen LogP contribution in [0.15, 0.2) is 24.3 Å². The van der Waals surface area contributed by atoms with Gasteiger partial charge in [-0.3, -0.25) is 0 Å². The Hall–Kier alpha value is -1.96. The summed E-state index contributed by atoms with van der Waals surface area (Å²) < 4.78 is 0. The van der Waals surface area contributed by atoms with E-state index >= 15 is 0 Å². The first-order valence-corrected chi connectivity index (χ1v) is 11.1. The monoisotopic (exact) mass is 396 g/mol. The van der Waals surface area contributed by atoms with Gasteiger partial charge in [0, 0.05) is 6.42 Å². The van der Waals surface area contributed by atoms with Crippen LogP contribution in [0.1, 0.15) is 102 Å². The minimum absolute atomic E-state index is 0.134. The number of phenolic OH excluding ortho intramolecular Hbond substituents is 2. The van der Waals surface area contributed by atoms with E-state index < -0.39 is 0 Å². The molecular weight excluding hydrogens is 356 g/mol. The Morgan fingerprint density at radius 2 is 0.966 bits per heavy atom. The van der Waals surface area contributed by atoms with Gasteiger partial charge in [0.05, 0.1) is 0 Å². The lowest BCUT2D eigenvalue weighted by Crippen LogP contribution is -2.14. The summed E-state index contributed by atoms with van der Waals surface area (Å²) in [4.78, 5) is 0. The van der Waals surface area contributed by atoms with Crippen molar-refractivity contribution in [2.75, 3.05) is 0 Å². The maximum Gasteiger partial charge on any atom is 0.122 e. The van der Waals surface area contributed by atoms with E-state index in [1.54, 1.807) is 0 Å². The molecule has 29 heavy (non-hydrogen) atoms. The molecule has 2 rings (SSSR count). The Morgan fingerprint density at radius 1 is 0.621 bits per heavy atom. The molecule has 2 aromatic carbocycles. The normalized spacial score (nSPS) is 12.4. The molecule has 2 N–H and O–H groups in total. The second-order valence-corrected chi connectivity index (χ2v) is 10.5. The van der Waals surface area contributed by atoms with Crippen LogP contribution in [0.4, 0.5) is 0 Å². The number of hydrogen-bond acceptors (Lipinski definition) is 2. The second-order valence-electron chi connectivity index (χ2n) is 10.5. The average Bonchev–Trinajstić information content (AvgIpc) is 2.58. The third-order valence-corrected chi connectivity index (χ3v) is 5.57. The van der Waals surface area contributed by atoms with Crippen LogP contribution in [0.25, 0.3) is 0 Å². The fourth-order valence-corrected chi connectivity index (χ4v) is 4.01. The Balaban J connectivity index is 2.63. The van der Waals surface area contributed by atoms with Gasteiger partial charge in [0.1, 0.15) is 11.5 Å². The van der Waals surface area contributed by atoms with Crippen LogP contribution in [-0.2, 0) is 30.1 Å². The highest BCUT2D eigenvalue weighted by Crippen LogP contribution is 2.39. The molecule has 0 saturated heterocycles. The van der Waals surface area contributed by atoms with Crippen LogP contribution in [0.5, 0.6) is 11.5 Å². The van der Waals surface area contributed by atoms with Crippen molar-refractivity contribution < 1.29 is 10.2 Å². The van der Waals surface area contributed by atoms with Gasteiger partial charge in [0.2, 0.25) is 0 Å². The predicted octanol–water partition coefficient (Wildman–Crippen LogP) is 7.19. The molecule has 0 aromatic heterocycles. The average molecular weight is 397 g/mol. The van der Waals surface area contributed by atoms with Crippen molar-refractivity contribution in [3.63, 3.8) is 0 Å². The predicted molar refractivity (Wildman–Crippen MR) is 124 cm³/mol. The Labute approximate surface area is 178 Å². The van der Waals surface area contributed by atoms with Gasteiger partial charge >= 0.3 is 0 Å². The van der Waals surface area contributed by atoms with E-state index in [1.807, 2.05) is 0 Å². The van der Waals surface area contributed by atoms with Crippen molar-refractivity contribution in [2.24, 2.45) is 0 Å². The molecule has 0 aliphatic carbocycles. The molecule has 0 atom stereocenters. The smallest absolute Gasteiger partial charge is 0.122 e. The number of aromatic hydroxyl groups is 2. The van der Waals surface area contributed by atoms with Crippen molar-refractivity contribution in [3.05, 3.63) is 57.6 Å². The van der Waals surface area contributed by atoms with Gasteiger partial charge in [-0.25, -0.2) is 0 Å². The number of rotatable bonds is 6. The molecule has 2 heteroatoms. The molecule has 0 spiro atoms. The maximum atomic E-state index is 11.1. The van der Waals surface area contributed by atoms with Crippen LogP contribution in [0.3, 0.4) is 0 Å². The molecule has 0 bridgehead atoms. The highest BCUT2D eigenvalue weighted by Gasteiger charge is 2.24. The standard InChI is InChI=1S/C27H40O2/c1-9-11-18-13-20(24(28)22(15-18)26(3,4)5)17-21-14-19(12-10-2)16-23(25(21)29)27(6,7)8/h13-16,28-29H,9-12,17H2,1-8H3. The summed E-state index contributed by atoms with van der Waals surface area (Å²) >= 11 is 0. The lowest BCUT2D eigenvalue weighted by atomic mass is 9.81. The third-order valence-electron chi connectivity index (χ3n) is 5.57. The SMILES string of the molecule is CCCc1cc(Cc2cc(CCC)cc(C(C)(C)C)c2O)c(O)c(C(C)(C)C)c1. The number of hydrogen-bond donors (Lipinski definition) is 2. The minimum Gasteiger partial charge on any atom is -0.507 e. The lowest BCUT2D eigenvalue weighted by molar-refractivity contribution is 0.435. The molecule has 0 aliphatic rings. The van der Waals surface area contributed by atoms with Gasteiger partial charge in [0.15, 0.2) is 0 Å². The van der Waals surface area contributed by atoms with Crippen molar-refractivity contribution in [1.82, 2.24) is 0 Å². The zero-order valence-corrected chi connectivity index (χ0v) is 19.7. The Kier molecular flexibility index (Phi) is 7.09. The zero-order valence-electron chi connectivity index (χ0n) is 19.7. The van der Waals surface area contributed by atoms with Crippen molar-refractivity contribution in [3.8, 4) is 11.5 Å². The van der Waals surface area contributed by atoms with E-state index in [2.05, 4.69) is 79.7 Å². The van der Waals surface area contributed by atoms with E-state index in [0.29, 0.717) is 17.9 Å². The molecule has 2 aromatic rings. The van der Waals surface area contributed by atoms with Crippen LogP contribution in [0.2, 0.25) is 0 Å². The summed E-state index contributed by atoms with van der Waals surface area (Å²) in [5, 5.41) is 22.2. The quantitative estimate of drug-likeness (QED) is 0.542. The molecule has 0 unspecified atom stereocenters. The summed E-state index contributed by atoms with van der Waals surface area (Å²) in [6.07, 6.45) is 4.66. The Morgan fingerprint density at radius 3 is 1.24 bits per heavy atom. The van der Waals surface area contributed by atoms with Crippen LogP contribution in [-0.4, -0.2) is 10.2 Å². The van der Waals surface area contributed by atoms with Gasteiger partial charge in [-0.05, 0) is 57.1 Å². The van der Waals surface area contributed by atoms with E-state index in [4.69, 9.17) is 0 Å². The minimum atomic E-state index is -0.134. The maximum absolute atomic E-state index is 11.1. The van der Waals surface area contributed by atoms with Gasteiger partial charge in [-0.1, -0.05) is 92.5 Å². The summed E-state index contributed by atoms with van der Waals surface area (Å²) in [6, 6.07) is 8.54. The summed E-state index contributed by atoms with van der Waals surface area (Å²) in [7, 11) is 0. The highest BCUT2D eigenvalue weighted by molar-refractivity contribution is 5.53. The van der Waals surface area contributed by atoms with Gasteiger partial charge in [0.25, 0.3) is 0 Å². The number of phenols is 2. The van der Waals surface area contributed by atoms with E-state index in [1.165, 1.54) is 11.1 Å². The molecule has 0 radical (unpaired) electrons. The molecule has 0 heterocycles. The highest BCUT2D eigenvalue weighted by atomic mass is 16.3. The lowest BCUT2D eigenvalue weighted by Gasteiger charge is -2.25. The number of aryl methyl sites for hydroxylation is 2. The molecular formula is C27H40O2. The van der Waals surface area contributed by atoms with Gasteiger partial charge in [-0.15, -0.1) is 0 Å². The van der Waals surface area contributed by atoms with E-state index in [9.17, 15) is 10.2 Å². The van der Waals surface area contributed by atoms with Crippen molar-refractivity contribution in [2.45, 2.75) is 98.3 Å². The largest absolute Gasteiger partial charge is 0.507 e. The van der Waals surface area contributed by atoms with Gasteiger partial charge < -0.3 is 10.2 Å². The molecule has 0 fully saturated rings. The third kappa shape index (κ3) is 5.56. The first-order valence-electron chi connectivity index (χ1n) is 11.1.